The molecule has 1 nitrogen and oxygen atoms in total. The van der Waals surface area contributed by atoms with Crippen LogP contribution in [0.1, 0.15) is 30.5 Å². The minimum atomic E-state index is 1.05. The summed E-state index contributed by atoms with van der Waals surface area (Å²) in [6.45, 7) is 5.37. The van der Waals surface area contributed by atoms with Gasteiger partial charge < -0.3 is 4.90 Å². The van der Waals surface area contributed by atoms with Gasteiger partial charge in [0, 0.05) is 24.9 Å². The van der Waals surface area contributed by atoms with Gasteiger partial charge in [-0.25, -0.2) is 0 Å². The van der Waals surface area contributed by atoms with Crippen molar-refractivity contribution >= 4 is 5.70 Å². The van der Waals surface area contributed by atoms with Gasteiger partial charge in [0.2, 0.25) is 0 Å². The number of hydrogen-bond acceptors (Lipinski definition) is 1. The SMILES string of the molecule is CC=C1c2cc(CC)ccc2CN1C. The zero-order valence-electron chi connectivity index (χ0n) is 9.17. The van der Waals surface area contributed by atoms with Crippen molar-refractivity contribution in [2.45, 2.75) is 26.8 Å². The van der Waals surface area contributed by atoms with Crippen LogP contribution in [0.3, 0.4) is 0 Å². The molecule has 0 aromatic heterocycles. The summed E-state index contributed by atoms with van der Waals surface area (Å²) in [6, 6.07) is 6.83. The van der Waals surface area contributed by atoms with Crippen molar-refractivity contribution in [3.63, 3.8) is 0 Å². The average molecular weight is 187 g/mol. The molecule has 1 aliphatic heterocycles. The van der Waals surface area contributed by atoms with Gasteiger partial charge in [-0.1, -0.05) is 25.1 Å². The van der Waals surface area contributed by atoms with Crippen LogP contribution in [-0.4, -0.2) is 11.9 Å². The van der Waals surface area contributed by atoms with E-state index < -0.39 is 0 Å². The molecule has 0 saturated heterocycles. The van der Waals surface area contributed by atoms with Gasteiger partial charge >= 0.3 is 0 Å². The summed E-state index contributed by atoms with van der Waals surface area (Å²) < 4.78 is 0. The Bertz CT molecular complexity index is 377. The lowest BCUT2D eigenvalue weighted by molar-refractivity contribution is 0.500. The van der Waals surface area contributed by atoms with Crippen LogP contribution >= 0.6 is 0 Å². The van der Waals surface area contributed by atoms with Gasteiger partial charge in [0.1, 0.15) is 0 Å². The summed E-state index contributed by atoms with van der Waals surface area (Å²) in [5, 5.41) is 0. The lowest BCUT2D eigenvalue weighted by Gasteiger charge is -2.12. The van der Waals surface area contributed by atoms with E-state index in [0.29, 0.717) is 0 Å². The maximum Gasteiger partial charge on any atom is 0.0433 e. The first-order valence-corrected chi connectivity index (χ1v) is 5.26. The van der Waals surface area contributed by atoms with Crippen LogP contribution in [0.15, 0.2) is 24.3 Å². The Morgan fingerprint density at radius 1 is 1.43 bits per heavy atom. The van der Waals surface area contributed by atoms with E-state index in [1.807, 2.05) is 0 Å². The largest absolute Gasteiger partial charge is 0.370 e. The van der Waals surface area contributed by atoms with Gasteiger partial charge in [-0.05, 0) is 30.5 Å². The molecule has 0 atom stereocenters. The lowest BCUT2D eigenvalue weighted by Crippen LogP contribution is -2.06. The summed E-state index contributed by atoms with van der Waals surface area (Å²) in [5.41, 5.74) is 5.68. The van der Waals surface area contributed by atoms with Gasteiger partial charge in [-0.3, -0.25) is 0 Å². The zero-order chi connectivity index (χ0) is 10.1. The first kappa shape index (κ1) is 9.32. The Hall–Kier alpha value is -1.24. The first-order chi connectivity index (χ1) is 6.76. The number of benzene rings is 1. The molecule has 1 heterocycles. The van der Waals surface area contributed by atoms with Crippen LogP contribution in [0, 0.1) is 0 Å². The highest BCUT2D eigenvalue weighted by molar-refractivity contribution is 5.70. The molecule has 0 N–H and O–H groups in total. The fourth-order valence-electron chi connectivity index (χ4n) is 2.14. The van der Waals surface area contributed by atoms with Gasteiger partial charge in [0.15, 0.2) is 0 Å². The number of rotatable bonds is 1. The summed E-state index contributed by atoms with van der Waals surface area (Å²) in [5.74, 6) is 0. The highest BCUT2D eigenvalue weighted by Gasteiger charge is 2.19. The third kappa shape index (κ3) is 1.33. The summed E-state index contributed by atoms with van der Waals surface area (Å²) >= 11 is 0. The maximum absolute atomic E-state index is 2.33. The molecule has 2 rings (SSSR count). The number of allylic oxidation sites excluding steroid dienone is 1. The normalized spacial score (nSPS) is 17.6. The Morgan fingerprint density at radius 2 is 2.21 bits per heavy atom. The number of nitrogens with zero attached hydrogens (tertiary/aromatic N) is 1. The van der Waals surface area contributed by atoms with Crippen molar-refractivity contribution in [2.75, 3.05) is 7.05 Å². The second-order valence-electron chi connectivity index (χ2n) is 3.88. The monoisotopic (exact) mass is 187 g/mol. The molecule has 1 aromatic carbocycles. The van der Waals surface area contributed by atoms with Crippen molar-refractivity contribution in [2.24, 2.45) is 0 Å². The second-order valence-corrected chi connectivity index (χ2v) is 3.88. The fraction of sp³-hybridized carbons (Fsp3) is 0.385. The highest BCUT2D eigenvalue weighted by Crippen LogP contribution is 2.31. The van der Waals surface area contributed by atoms with Crippen LogP contribution < -0.4 is 0 Å². The highest BCUT2D eigenvalue weighted by atomic mass is 15.1. The Balaban J connectivity index is 2.50. The smallest absolute Gasteiger partial charge is 0.0433 e. The molecular weight excluding hydrogens is 170 g/mol. The number of fused-ring (bicyclic) bond motifs is 1. The van der Waals surface area contributed by atoms with Crippen LogP contribution in [0.5, 0.6) is 0 Å². The van der Waals surface area contributed by atoms with Crippen molar-refractivity contribution in [3.05, 3.63) is 41.0 Å². The van der Waals surface area contributed by atoms with E-state index >= 15 is 0 Å². The predicted octanol–water partition coefficient (Wildman–Crippen LogP) is 3.06. The molecule has 0 fully saturated rings. The van der Waals surface area contributed by atoms with Crippen LogP contribution in [0.2, 0.25) is 0 Å². The summed E-state index contributed by atoms with van der Waals surface area (Å²) in [6.07, 6.45) is 3.32. The maximum atomic E-state index is 2.33. The van der Waals surface area contributed by atoms with E-state index in [1.165, 1.54) is 22.4 Å². The molecule has 74 valence electrons. The van der Waals surface area contributed by atoms with E-state index in [0.717, 1.165) is 13.0 Å². The number of hydrogen-bond donors (Lipinski definition) is 0. The van der Waals surface area contributed by atoms with Crippen molar-refractivity contribution in [1.29, 1.82) is 0 Å². The minimum absolute atomic E-state index is 1.05. The summed E-state index contributed by atoms with van der Waals surface area (Å²) in [4.78, 5) is 2.31. The molecule has 0 bridgehead atoms. The third-order valence-corrected chi connectivity index (χ3v) is 2.95. The molecular formula is C13H17N. The van der Waals surface area contributed by atoms with E-state index in [-0.39, 0.29) is 0 Å². The van der Waals surface area contributed by atoms with Crippen molar-refractivity contribution in [3.8, 4) is 0 Å². The third-order valence-electron chi connectivity index (χ3n) is 2.95. The van der Waals surface area contributed by atoms with Crippen molar-refractivity contribution in [1.82, 2.24) is 4.90 Å². The molecule has 0 spiro atoms. The van der Waals surface area contributed by atoms with Crippen LogP contribution in [0.4, 0.5) is 0 Å². The molecule has 0 amide bonds. The van der Waals surface area contributed by atoms with Gasteiger partial charge in [-0.2, -0.15) is 0 Å². The Kier molecular flexibility index (Phi) is 2.32. The average Bonchev–Trinajstić information content (AvgIpc) is 2.52. The summed E-state index contributed by atoms with van der Waals surface area (Å²) in [7, 11) is 2.15. The quantitative estimate of drug-likeness (QED) is 0.653. The Morgan fingerprint density at radius 3 is 2.86 bits per heavy atom. The molecule has 1 aliphatic rings. The molecule has 1 heteroatoms. The van der Waals surface area contributed by atoms with E-state index in [4.69, 9.17) is 0 Å². The van der Waals surface area contributed by atoms with Gasteiger partial charge in [0.25, 0.3) is 0 Å². The van der Waals surface area contributed by atoms with Crippen LogP contribution in [-0.2, 0) is 13.0 Å². The van der Waals surface area contributed by atoms with Crippen molar-refractivity contribution < 1.29 is 0 Å². The van der Waals surface area contributed by atoms with Gasteiger partial charge in [-0.15, -0.1) is 0 Å². The predicted molar refractivity (Wildman–Crippen MR) is 60.9 cm³/mol. The standard InChI is InChI=1S/C13H17N/c1-4-10-6-7-11-9-14(3)13(5-2)12(11)8-10/h5-8H,4,9H2,1-3H3. The van der Waals surface area contributed by atoms with E-state index in [1.54, 1.807) is 0 Å². The minimum Gasteiger partial charge on any atom is -0.370 e. The van der Waals surface area contributed by atoms with E-state index in [9.17, 15) is 0 Å². The Labute approximate surface area is 86.1 Å². The molecule has 0 unspecified atom stereocenters. The van der Waals surface area contributed by atoms with Gasteiger partial charge in [0.05, 0.1) is 0 Å². The number of aryl methyl sites for hydroxylation is 1. The second kappa shape index (κ2) is 3.49. The zero-order valence-corrected chi connectivity index (χ0v) is 9.17. The molecule has 1 aromatic rings. The molecule has 0 aliphatic carbocycles. The molecule has 0 radical (unpaired) electrons. The van der Waals surface area contributed by atoms with E-state index in [2.05, 4.69) is 50.1 Å². The first-order valence-electron chi connectivity index (χ1n) is 5.26. The molecule has 0 saturated carbocycles. The lowest BCUT2D eigenvalue weighted by atomic mass is 10.0. The molecule has 14 heavy (non-hydrogen) atoms. The van der Waals surface area contributed by atoms with Crippen LogP contribution in [0.25, 0.3) is 5.70 Å². The topological polar surface area (TPSA) is 3.24 Å². The fourth-order valence-corrected chi connectivity index (χ4v) is 2.14.